The van der Waals surface area contributed by atoms with E-state index < -0.39 is 24.1 Å². The summed E-state index contributed by atoms with van der Waals surface area (Å²) >= 11 is 0. The lowest BCUT2D eigenvalue weighted by Gasteiger charge is -2.22. The van der Waals surface area contributed by atoms with Crippen LogP contribution in [0.5, 0.6) is 0 Å². The van der Waals surface area contributed by atoms with Crippen LogP contribution < -0.4 is 20.9 Å². The summed E-state index contributed by atoms with van der Waals surface area (Å²) < 4.78 is 19.7. The molecule has 0 spiro atoms. The molecule has 0 aromatic heterocycles. The predicted molar refractivity (Wildman–Crippen MR) is 245 cm³/mol. The zero-order valence-corrected chi connectivity index (χ0v) is 35.5. The summed E-state index contributed by atoms with van der Waals surface area (Å²) in [5, 5.41) is 8.15. The van der Waals surface area contributed by atoms with Gasteiger partial charge in [-0.1, -0.05) is 133 Å². The van der Waals surface area contributed by atoms with Crippen LogP contribution in [0.15, 0.2) is 206 Å². The van der Waals surface area contributed by atoms with Gasteiger partial charge in [-0.15, -0.1) is 0 Å². The van der Waals surface area contributed by atoms with Gasteiger partial charge in [0.05, 0.1) is 14.2 Å². The van der Waals surface area contributed by atoms with E-state index in [0.717, 1.165) is 33.9 Å². The molecule has 2 amide bonds. The molecule has 0 atom stereocenters. The average molecular weight is 850 g/mol. The van der Waals surface area contributed by atoms with Crippen LogP contribution in [0.25, 0.3) is 0 Å². The maximum atomic E-state index is 12.3. The first-order valence-corrected chi connectivity index (χ1v) is 19.6. The number of alkyl carbamates (subject to hydrolysis) is 2. The summed E-state index contributed by atoms with van der Waals surface area (Å²) in [4.78, 5) is 51.1. The smallest absolute Gasteiger partial charge is 0.412 e. The Morgan fingerprint density at radius 1 is 0.460 bits per heavy atom. The molecular weight excluding hydrogens is 799 g/mol. The van der Waals surface area contributed by atoms with Crippen molar-refractivity contribution >= 4 is 46.9 Å². The first-order chi connectivity index (χ1) is 30.6. The maximum absolute atomic E-state index is 12.3. The molecule has 6 rings (SSSR count). The summed E-state index contributed by atoms with van der Waals surface area (Å²) in [5.74, 6) is -1.33. The van der Waals surface area contributed by atoms with E-state index in [1.54, 1.807) is 23.9 Å². The third-order valence-corrected chi connectivity index (χ3v) is 8.26. The lowest BCUT2D eigenvalue weighted by molar-refractivity contribution is -0.137. The summed E-state index contributed by atoms with van der Waals surface area (Å²) in [6.45, 7) is 0.214. The van der Waals surface area contributed by atoms with Crippen LogP contribution in [0.2, 0.25) is 0 Å². The number of esters is 2. The van der Waals surface area contributed by atoms with Gasteiger partial charge in [0.1, 0.15) is 24.6 Å². The van der Waals surface area contributed by atoms with Crippen LogP contribution in [0, 0.1) is 0 Å². The zero-order chi connectivity index (χ0) is 45.1. The minimum absolute atomic E-state index is 0.00978. The molecule has 0 bridgehead atoms. The van der Waals surface area contributed by atoms with Crippen molar-refractivity contribution in [3.63, 3.8) is 0 Å². The maximum Gasteiger partial charge on any atom is 0.412 e. The summed E-state index contributed by atoms with van der Waals surface area (Å²) in [6, 6.07) is 57.7. The number of carbonyl (C=O) groups excluding carboxylic acids is 4. The third kappa shape index (κ3) is 17.8. The van der Waals surface area contributed by atoms with E-state index in [2.05, 4.69) is 20.7 Å². The molecule has 324 valence electrons. The summed E-state index contributed by atoms with van der Waals surface area (Å²) in [7, 11) is 5.94. The highest BCUT2D eigenvalue weighted by Crippen LogP contribution is 2.26. The number of carbonyl (C=O) groups is 4. The van der Waals surface area contributed by atoms with E-state index in [9.17, 15) is 19.2 Å². The molecule has 3 N–H and O–H groups in total. The molecule has 0 aliphatic heterocycles. The third-order valence-electron chi connectivity index (χ3n) is 8.26. The summed E-state index contributed by atoms with van der Waals surface area (Å²) in [5.41, 5.74) is 5.51. The van der Waals surface area contributed by atoms with E-state index in [4.69, 9.17) is 14.2 Å². The standard InChI is InChI=1S/C24H22N2O4.C14H18N2O4.C12H11N/c1-29-23(27)22(25-24(28)30-18-19-11-5-2-6-12-19)17-26(20-13-7-3-8-14-20)21-15-9-4-10-16-21;1-16(2)9-12(13(17)19-3)15-14(18)20-10-11-7-5-4-6-8-11;1-3-7-11(8-4-1)13-12-9-5-2-6-10-12/h2-17H,18H2,1H3,(H,25,28);4-9H,10H2,1-3H3,(H,15,18);1-10,13H/b22-17-;12-9-;. The second-order valence-electron chi connectivity index (χ2n) is 13.3. The molecular formula is C50H51N5O8. The van der Waals surface area contributed by atoms with E-state index in [-0.39, 0.29) is 24.6 Å². The van der Waals surface area contributed by atoms with Gasteiger partial charge in [-0.05, 0) is 59.7 Å². The van der Waals surface area contributed by atoms with E-state index >= 15 is 0 Å². The Labute approximate surface area is 368 Å². The van der Waals surface area contributed by atoms with E-state index in [1.807, 2.05) is 182 Å². The van der Waals surface area contributed by atoms with Gasteiger partial charge in [0.25, 0.3) is 0 Å². The number of rotatable bonds is 14. The lowest BCUT2D eigenvalue weighted by Crippen LogP contribution is -2.30. The van der Waals surface area contributed by atoms with Gasteiger partial charge < -0.3 is 34.1 Å². The number of anilines is 4. The largest absolute Gasteiger partial charge is 0.464 e. The number of hydrogen-bond acceptors (Lipinski definition) is 11. The Bertz CT molecular complexity index is 2260. The predicted octanol–water partition coefficient (Wildman–Crippen LogP) is 9.68. The number of nitrogens with one attached hydrogen (secondary N) is 3. The number of nitrogens with zero attached hydrogens (tertiary/aromatic N) is 2. The van der Waals surface area contributed by atoms with Crippen molar-refractivity contribution < 1.29 is 38.1 Å². The fourth-order valence-corrected chi connectivity index (χ4v) is 5.30. The molecule has 6 aromatic carbocycles. The van der Waals surface area contributed by atoms with Crippen molar-refractivity contribution in [3.05, 3.63) is 217 Å². The Morgan fingerprint density at radius 2 is 0.778 bits per heavy atom. The highest BCUT2D eigenvalue weighted by atomic mass is 16.6. The molecule has 0 radical (unpaired) electrons. The van der Waals surface area contributed by atoms with Gasteiger partial charge in [-0.2, -0.15) is 0 Å². The molecule has 0 aliphatic carbocycles. The number of benzene rings is 6. The zero-order valence-electron chi connectivity index (χ0n) is 35.5. The monoisotopic (exact) mass is 849 g/mol. The van der Waals surface area contributed by atoms with Crippen molar-refractivity contribution in [2.24, 2.45) is 0 Å². The topological polar surface area (TPSA) is 148 Å². The molecule has 0 unspecified atom stereocenters. The van der Waals surface area contributed by atoms with Crippen LogP contribution >= 0.6 is 0 Å². The highest BCUT2D eigenvalue weighted by molar-refractivity contribution is 5.93. The Balaban J connectivity index is 0.000000226. The summed E-state index contributed by atoms with van der Waals surface area (Å²) in [6.07, 6.45) is 1.49. The first kappa shape index (κ1) is 47.4. The van der Waals surface area contributed by atoms with Gasteiger partial charge in [0.2, 0.25) is 0 Å². The first-order valence-electron chi connectivity index (χ1n) is 19.6. The normalized spacial score (nSPS) is 10.5. The molecule has 6 aromatic rings. The van der Waals surface area contributed by atoms with Crippen molar-refractivity contribution in [3.8, 4) is 0 Å². The number of ether oxygens (including phenoxy) is 4. The highest BCUT2D eigenvalue weighted by Gasteiger charge is 2.18. The molecule has 0 aliphatic rings. The van der Waals surface area contributed by atoms with Gasteiger partial charge >= 0.3 is 24.1 Å². The average Bonchev–Trinajstić information content (AvgIpc) is 3.33. The minimum Gasteiger partial charge on any atom is -0.464 e. The lowest BCUT2D eigenvalue weighted by atomic mass is 10.2. The number of amides is 2. The Kier molecular flexibility index (Phi) is 20.1. The molecule has 0 heterocycles. The van der Waals surface area contributed by atoms with Crippen LogP contribution in [0.1, 0.15) is 11.1 Å². The molecule has 13 heteroatoms. The van der Waals surface area contributed by atoms with Crippen molar-refractivity contribution in [2.75, 3.05) is 38.5 Å². The second kappa shape index (κ2) is 26.7. The van der Waals surface area contributed by atoms with Gasteiger partial charge in [-0.25, -0.2) is 19.2 Å². The molecule has 13 nitrogen and oxygen atoms in total. The fraction of sp³-hybridized carbons (Fsp3) is 0.120. The Hall–Kier alpha value is -8.32. The molecule has 0 fully saturated rings. The van der Waals surface area contributed by atoms with E-state index in [0.29, 0.717) is 0 Å². The van der Waals surface area contributed by atoms with Crippen molar-refractivity contribution in [2.45, 2.75) is 13.2 Å². The molecule has 0 saturated carbocycles. The minimum atomic E-state index is -0.753. The van der Waals surface area contributed by atoms with Crippen LogP contribution in [0.4, 0.5) is 32.3 Å². The van der Waals surface area contributed by atoms with Crippen molar-refractivity contribution in [1.29, 1.82) is 0 Å². The van der Waals surface area contributed by atoms with Gasteiger partial charge in [0, 0.05) is 49.2 Å². The van der Waals surface area contributed by atoms with Gasteiger partial charge in [0.15, 0.2) is 0 Å². The van der Waals surface area contributed by atoms with Crippen molar-refractivity contribution in [1.82, 2.24) is 15.5 Å². The molecule has 0 saturated heterocycles. The van der Waals surface area contributed by atoms with Crippen LogP contribution in [-0.4, -0.2) is 57.3 Å². The molecule has 63 heavy (non-hydrogen) atoms. The van der Waals surface area contributed by atoms with Gasteiger partial charge in [-0.3, -0.25) is 10.6 Å². The van der Waals surface area contributed by atoms with E-state index in [1.165, 1.54) is 26.6 Å². The Morgan fingerprint density at radius 3 is 1.11 bits per heavy atom. The quantitative estimate of drug-likeness (QED) is 0.0547. The van der Waals surface area contributed by atoms with Crippen LogP contribution in [-0.2, 0) is 41.8 Å². The number of methoxy groups -OCH3 is 2. The van der Waals surface area contributed by atoms with Crippen LogP contribution in [0.3, 0.4) is 0 Å². The number of para-hydroxylation sites is 4. The second-order valence-corrected chi connectivity index (χ2v) is 13.3. The SMILES string of the molecule is COC(=O)/C(=C/N(C)C)NC(=O)OCc1ccccc1.COC(=O)/C(=C/N(c1ccccc1)c1ccccc1)NC(=O)OCc1ccccc1.c1ccc(Nc2ccccc2)cc1. The fourth-order valence-electron chi connectivity index (χ4n) is 5.30. The number of hydrogen-bond donors (Lipinski definition) is 3.